The summed E-state index contributed by atoms with van der Waals surface area (Å²) in [5, 5.41) is 35.5. The summed E-state index contributed by atoms with van der Waals surface area (Å²) in [5.41, 5.74) is 2.15. The molecule has 0 unspecified atom stereocenters. The molecule has 0 rings (SSSR count). The van der Waals surface area contributed by atoms with Gasteiger partial charge in [-0.25, -0.2) is 0 Å². The summed E-state index contributed by atoms with van der Waals surface area (Å²) in [7, 11) is 0. The monoisotopic (exact) mass is 178 g/mol. The Bertz CT molecular complexity index is 158. The molecule has 12 heavy (non-hydrogen) atoms. The first kappa shape index (κ1) is 11.5. The molecule has 6 N–H and O–H groups in total. The van der Waals surface area contributed by atoms with Crippen LogP contribution in [0.2, 0.25) is 0 Å². The largest absolute Gasteiger partial charge is 0.391 e. The molecule has 6 nitrogen and oxygen atoms in total. The Morgan fingerprint density at radius 2 is 1.83 bits per heavy atom. The molecule has 4 atom stereocenters. The Balaban J connectivity index is 4.37. The van der Waals surface area contributed by atoms with E-state index in [0.717, 1.165) is 6.29 Å². The van der Waals surface area contributed by atoms with E-state index < -0.39 is 24.0 Å². The van der Waals surface area contributed by atoms with E-state index in [1.165, 1.54) is 6.92 Å². The number of carbonyl (C=O) groups excluding carboxylic acids is 1. The average molecular weight is 178 g/mol. The topological polar surface area (TPSA) is 124 Å². The lowest BCUT2D eigenvalue weighted by Crippen LogP contribution is -2.59. The van der Waals surface area contributed by atoms with Gasteiger partial charge in [-0.15, -0.1) is 0 Å². The molecule has 0 aromatic rings. The van der Waals surface area contributed by atoms with Gasteiger partial charge in [0, 0.05) is 0 Å². The van der Waals surface area contributed by atoms with Crippen LogP contribution >= 0.6 is 0 Å². The lowest BCUT2D eigenvalue weighted by Gasteiger charge is -2.27. The molecule has 0 spiro atoms. The molecule has 0 bridgehead atoms. The predicted octanol–water partition coefficient (Wildman–Crippen LogP) is -3.15. The molecule has 1 radical (unpaired) electrons. The van der Waals surface area contributed by atoms with Crippen LogP contribution in [-0.2, 0) is 4.79 Å². The maximum absolute atomic E-state index is 9.94. The molecule has 0 aliphatic carbocycles. The van der Waals surface area contributed by atoms with Crippen molar-refractivity contribution in [1.29, 1.82) is 0 Å². The highest BCUT2D eigenvalue weighted by molar-refractivity contribution is 5.63. The van der Waals surface area contributed by atoms with Gasteiger partial charge in [-0.1, -0.05) is 0 Å². The Kier molecular flexibility index (Phi) is 3.75. The van der Waals surface area contributed by atoms with Crippen molar-refractivity contribution >= 4 is 6.29 Å². The van der Waals surface area contributed by atoms with Crippen molar-refractivity contribution in [3.05, 3.63) is 0 Å². The molecule has 0 heterocycles. The van der Waals surface area contributed by atoms with E-state index in [4.69, 9.17) is 26.2 Å². The zero-order valence-corrected chi connectivity index (χ0v) is 6.51. The molecule has 0 amide bonds. The number of aliphatic hydroxyl groups is 4. The van der Waals surface area contributed by atoms with Crippen LogP contribution in [0.15, 0.2) is 0 Å². The van der Waals surface area contributed by atoms with Gasteiger partial charge in [0.25, 0.3) is 6.29 Å². The highest BCUT2D eigenvalue weighted by atomic mass is 16.4. The molecule has 6 heteroatoms. The van der Waals surface area contributed by atoms with Gasteiger partial charge in [0.2, 0.25) is 5.72 Å². The Morgan fingerprint density at radius 3 is 2.08 bits per heavy atom. The summed E-state index contributed by atoms with van der Waals surface area (Å²) in [6.45, 7) is 1.18. The van der Waals surface area contributed by atoms with Crippen molar-refractivity contribution in [2.45, 2.75) is 31.0 Å². The first-order valence-corrected chi connectivity index (χ1v) is 3.27. The van der Waals surface area contributed by atoms with Gasteiger partial charge in [0.1, 0.15) is 12.2 Å². The Hall–Kier alpha value is -0.530. The fourth-order valence-corrected chi connectivity index (χ4v) is 0.585. The van der Waals surface area contributed by atoms with Gasteiger partial charge in [0.15, 0.2) is 0 Å². The van der Waals surface area contributed by atoms with E-state index >= 15 is 0 Å². The van der Waals surface area contributed by atoms with Crippen molar-refractivity contribution in [3.63, 3.8) is 0 Å². The van der Waals surface area contributed by atoms with E-state index in [9.17, 15) is 4.79 Å². The summed E-state index contributed by atoms with van der Waals surface area (Å²) in [5.74, 6) is 0. The minimum atomic E-state index is -2.66. The fourth-order valence-electron chi connectivity index (χ4n) is 0.585. The minimum Gasteiger partial charge on any atom is -0.391 e. The molecule has 0 aliphatic heterocycles. The van der Waals surface area contributed by atoms with Gasteiger partial charge in [0.05, 0.1) is 6.10 Å². The predicted molar refractivity (Wildman–Crippen MR) is 38.5 cm³/mol. The van der Waals surface area contributed by atoms with Crippen molar-refractivity contribution in [1.82, 2.24) is 0 Å². The summed E-state index contributed by atoms with van der Waals surface area (Å²) in [6.07, 6.45) is -4.02. The zero-order chi connectivity index (χ0) is 9.94. The molecular weight excluding hydrogens is 166 g/mol. The van der Waals surface area contributed by atoms with Crippen molar-refractivity contribution < 1.29 is 25.2 Å². The second kappa shape index (κ2) is 3.92. The van der Waals surface area contributed by atoms with Crippen molar-refractivity contribution in [2.24, 2.45) is 5.73 Å². The molecule has 0 saturated carbocycles. The standard InChI is InChI=1S/C6H12NO5/c1-3(9)4(10)5(11)6(7,12)2-8/h3-5,9-12H,7H2,1H3/t3-,4-,5+,6+/m1/s1. The van der Waals surface area contributed by atoms with Crippen LogP contribution in [0.4, 0.5) is 0 Å². The van der Waals surface area contributed by atoms with Gasteiger partial charge in [-0.3, -0.25) is 10.5 Å². The molecule has 71 valence electrons. The molecule has 0 saturated heterocycles. The lowest BCUT2D eigenvalue weighted by molar-refractivity contribution is -0.119. The molecular formula is C6H12NO5. The number of rotatable bonds is 4. The first-order valence-electron chi connectivity index (χ1n) is 3.27. The second-order valence-electron chi connectivity index (χ2n) is 2.60. The highest BCUT2D eigenvalue weighted by Crippen LogP contribution is 2.08. The number of hydrogen-bond donors (Lipinski definition) is 5. The van der Waals surface area contributed by atoms with Crippen molar-refractivity contribution in [2.75, 3.05) is 0 Å². The molecule has 0 aromatic heterocycles. The normalized spacial score (nSPS) is 23.8. The summed E-state index contributed by atoms with van der Waals surface area (Å²) < 4.78 is 0. The fraction of sp³-hybridized carbons (Fsp3) is 0.833. The quantitative estimate of drug-likeness (QED) is 0.289. The third-order valence-corrected chi connectivity index (χ3v) is 1.43. The van der Waals surface area contributed by atoms with Crippen molar-refractivity contribution in [3.8, 4) is 0 Å². The zero-order valence-electron chi connectivity index (χ0n) is 6.51. The first-order chi connectivity index (χ1) is 5.33. The van der Waals surface area contributed by atoms with Crippen LogP contribution in [0.1, 0.15) is 6.92 Å². The van der Waals surface area contributed by atoms with Gasteiger partial charge in [-0.05, 0) is 6.92 Å². The average Bonchev–Trinajstić information content (AvgIpc) is 2.01. The Morgan fingerprint density at radius 1 is 1.42 bits per heavy atom. The number of hydrogen-bond acceptors (Lipinski definition) is 6. The summed E-state index contributed by atoms with van der Waals surface area (Å²) in [4.78, 5) is 9.94. The second-order valence-corrected chi connectivity index (χ2v) is 2.60. The van der Waals surface area contributed by atoms with E-state index in [-0.39, 0.29) is 0 Å². The summed E-state index contributed by atoms with van der Waals surface area (Å²) in [6, 6.07) is 0. The van der Waals surface area contributed by atoms with Crippen LogP contribution in [0.25, 0.3) is 0 Å². The summed E-state index contributed by atoms with van der Waals surface area (Å²) >= 11 is 0. The molecule has 0 aliphatic rings. The van der Waals surface area contributed by atoms with Crippen LogP contribution in [0, 0.1) is 0 Å². The lowest BCUT2D eigenvalue weighted by atomic mass is 10.0. The third-order valence-electron chi connectivity index (χ3n) is 1.43. The Labute approximate surface area is 69.2 Å². The van der Waals surface area contributed by atoms with E-state index in [0.29, 0.717) is 0 Å². The van der Waals surface area contributed by atoms with E-state index in [2.05, 4.69) is 0 Å². The van der Waals surface area contributed by atoms with Crippen LogP contribution < -0.4 is 5.73 Å². The number of aliphatic hydroxyl groups excluding tert-OH is 3. The maximum atomic E-state index is 9.94. The SMILES string of the molecule is C[C@@H](O)[C@@H](O)[C@H](O)[C@@](N)(O)[C]=O. The smallest absolute Gasteiger partial charge is 0.252 e. The van der Waals surface area contributed by atoms with Gasteiger partial charge in [-0.2, -0.15) is 0 Å². The maximum Gasteiger partial charge on any atom is 0.252 e. The van der Waals surface area contributed by atoms with Crippen LogP contribution in [0.3, 0.4) is 0 Å². The number of nitrogens with two attached hydrogens (primary N) is 1. The van der Waals surface area contributed by atoms with E-state index in [1.807, 2.05) is 0 Å². The third kappa shape index (κ3) is 2.50. The molecule has 0 fully saturated rings. The minimum absolute atomic E-state index is 0.939. The van der Waals surface area contributed by atoms with E-state index in [1.54, 1.807) is 0 Å². The van der Waals surface area contributed by atoms with Gasteiger partial charge < -0.3 is 20.4 Å². The molecule has 0 aromatic carbocycles. The van der Waals surface area contributed by atoms with Crippen LogP contribution in [0.5, 0.6) is 0 Å². The highest BCUT2D eigenvalue weighted by Gasteiger charge is 2.39. The van der Waals surface area contributed by atoms with Gasteiger partial charge >= 0.3 is 0 Å². The van der Waals surface area contributed by atoms with Crippen LogP contribution in [-0.4, -0.2) is 50.7 Å².